The summed E-state index contributed by atoms with van der Waals surface area (Å²) < 4.78 is 36.1. The molecule has 0 spiro atoms. The van der Waals surface area contributed by atoms with Crippen molar-refractivity contribution in [3.05, 3.63) is 52.6 Å². The Morgan fingerprint density at radius 2 is 1.77 bits per heavy atom. The van der Waals surface area contributed by atoms with Crippen molar-refractivity contribution in [3.8, 4) is 11.5 Å². The Balaban J connectivity index is 2.16. The molecule has 1 atom stereocenters. The molecular weight excluding hydrogens is 544 g/mol. The van der Waals surface area contributed by atoms with Crippen LogP contribution in [0.1, 0.15) is 77.4 Å². The molecule has 0 aliphatic carbocycles. The highest BCUT2D eigenvalue weighted by Crippen LogP contribution is 2.40. The maximum absolute atomic E-state index is 14.0. The van der Waals surface area contributed by atoms with E-state index in [1.54, 1.807) is 37.3 Å². The number of ether oxygens (including phenoxy) is 2. The number of nitrogens with one attached hydrogen (secondary N) is 1. The molecule has 1 aliphatic heterocycles. The number of unbranched alkanes of at least 4 members (excludes halogenated alkanes) is 2. The average molecular weight is 579 g/mol. The molecule has 3 rings (SSSR count). The van der Waals surface area contributed by atoms with Crippen LogP contribution in [0.2, 0.25) is 0 Å². The van der Waals surface area contributed by atoms with E-state index in [1.807, 2.05) is 0 Å². The number of aryl methyl sites for hydroxylation is 1. The van der Waals surface area contributed by atoms with Gasteiger partial charge in [-0.25, -0.2) is 8.42 Å². The fraction of sp³-hybridized carbons (Fsp3) is 0.464. The summed E-state index contributed by atoms with van der Waals surface area (Å²) in [5.74, 6) is -1.26. The van der Waals surface area contributed by atoms with Crippen molar-refractivity contribution in [2.75, 3.05) is 36.9 Å². The van der Waals surface area contributed by atoms with Crippen LogP contribution in [0.15, 0.2) is 30.3 Å². The number of sulfone groups is 1. The monoisotopic (exact) mass is 578 g/mol. The van der Waals surface area contributed by atoms with Crippen LogP contribution in [0.5, 0.6) is 11.5 Å². The lowest BCUT2D eigenvalue weighted by Crippen LogP contribution is -2.38. The van der Waals surface area contributed by atoms with Crippen molar-refractivity contribution in [3.63, 3.8) is 0 Å². The van der Waals surface area contributed by atoms with E-state index in [2.05, 4.69) is 12.2 Å². The van der Waals surface area contributed by atoms with Crippen molar-refractivity contribution >= 4 is 44.8 Å². The van der Waals surface area contributed by atoms with Crippen LogP contribution >= 0.6 is 11.6 Å². The quantitative estimate of drug-likeness (QED) is 0.195. The Labute approximate surface area is 234 Å². The number of hydrogen-bond acceptors (Lipinski definition) is 7. The molecule has 3 amide bonds. The lowest BCUT2D eigenvalue weighted by atomic mass is 9.96. The number of anilines is 1. The Kier molecular flexibility index (Phi) is 10.4. The summed E-state index contributed by atoms with van der Waals surface area (Å²) in [4.78, 5) is 41.3. The minimum absolute atomic E-state index is 0.0309. The maximum Gasteiger partial charge on any atom is 0.264 e. The first-order valence-corrected chi connectivity index (χ1v) is 15.5. The largest absolute Gasteiger partial charge is 0.493 e. The van der Waals surface area contributed by atoms with Gasteiger partial charge < -0.3 is 14.8 Å². The predicted octanol–water partition coefficient (Wildman–Crippen LogP) is 4.78. The Morgan fingerprint density at radius 3 is 2.38 bits per heavy atom. The highest BCUT2D eigenvalue weighted by Gasteiger charge is 2.44. The zero-order chi connectivity index (χ0) is 28.7. The fourth-order valence-corrected chi connectivity index (χ4v) is 5.77. The molecule has 2 aromatic rings. The van der Waals surface area contributed by atoms with Gasteiger partial charge in [-0.2, -0.15) is 0 Å². The molecule has 212 valence electrons. The van der Waals surface area contributed by atoms with Gasteiger partial charge in [0.15, 0.2) is 11.5 Å². The standard InChI is InChI=1S/C28H35ClN2O7S/c1-5-7-8-9-18-10-12-20(30-24(32)14-15-29)26-25(18)27(33)31(28(26)34)21(17-39(4,35)36)19-11-13-22(37-3)23(16-19)38-6-2/h10-13,16,21H,5-9,14-15,17H2,1-4H3,(H,30,32)/t21-/m1/s1. The van der Waals surface area contributed by atoms with Crippen molar-refractivity contribution in [1.82, 2.24) is 4.90 Å². The van der Waals surface area contributed by atoms with E-state index in [1.165, 1.54) is 7.11 Å². The Morgan fingerprint density at radius 1 is 1.05 bits per heavy atom. The summed E-state index contributed by atoms with van der Waals surface area (Å²) in [6.07, 6.45) is 4.38. The van der Waals surface area contributed by atoms with Crippen LogP contribution in [-0.2, 0) is 21.1 Å². The molecule has 0 unspecified atom stereocenters. The van der Waals surface area contributed by atoms with Gasteiger partial charge in [0.2, 0.25) is 5.91 Å². The second-order valence-corrected chi connectivity index (χ2v) is 12.0. The molecule has 1 heterocycles. The van der Waals surface area contributed by atoms with Gasteiger partial charge in [-0.05, 0) is 49.1 Å². The number of benzene rings is 2. The van der Waals surface area contributed by atoms with Gasteiger partial charge in [-0.1, -0.05) is 31.9 Å². The topological polar surface area (TPSA) is 119 Å². The molecule has 0 saturated heterocycles. The minimum atomic E-state index is -3.65. The molecule has 39 heavy (non-hydrogen) atoms. The van der Waals surface area contributed by atoms with E-state index in [4.69, 9.17) is 21.1 Å². The number of alkyl halides is 1. The summed E-state index contributed by atoms with van der Waals surface area (Å²) >= 11 is 5.71. The fourth-order valence-electron chi connectivity index (χ4n) is 4.68. The number of hydrogen-bond donors (Lipinski definition) is 1. The van der Waals surface area contributed by atoms with E-state index < -0.39 is 39.4 Å². The highest BCUT2D eigenvalue weighted by molar-refractivity contribution is 7.90. The van der Waals surface area contributed by atoms with Gasteiger partial charge >= 0.3 is 0 Å². The maximum atomic E-state index is 14.0. The van der Waals surface area contributed by atoms with Crippen molar-refractivity contribution in [2.45, 2.75) is 52.0 Å². The van der Waals surface area contributed by atoms with E-state index in [0.717, 1.165) is 30.4 Å². The van der Waals surface area contributed by atoms with Gasteiger partial charge in [0.25, 0.3) is 11.8 Å². The van der Waals surface area contributed by atoms with Gasteiger partial charge in [-0.15, -0.1) is 11.6 Å². The third kappa shape index (κ3) is 7.10. The van der Waals surface area contributed by atoms with Crippen molar-refractivity contribution in [1.29, 1.82) is 0 Å². The van der Waals surface area contributed by atoms with Crippen molar-refractivity contribution < 1.29 is 32.3 Å². The summed E-state index contributed by atoms with van der Waals surface area (Å²) in [6.45, 7) is 4.19. The minimum Gasteiger partial charge on any atom is -0.493 e. The molecule has 2 aromatic carbocycles. The zero-order valence-electron chi connectivity index (χ0n) is 22.7. The van der Waals surface area contributed by atoms with Gasteiger partial charge in [-0.3, -0.25) is 19.3 Å². The first kappa shape index (κ1) is 30.4. The number of amides is 3. The Hall–Kier alpha value is -3.11. The molecule has 0 saturated carbocycles. The highest BCUT2D eigenvalue weighted by atomic mass is 35.5. The van der Waals surface area contributed by atoms with Crippen molar-refractivity contribution in [2.24, 2.45) is 0 Å². The van der Waals surface area contributed by atoms with Crippen LogP contribution in [0.25, 0.3) is 0 Å². The lowest BCUT2D eigenvalue weighted by molar-refractivity contribution is -0.115. The van der Waals surface area contributed by atoms with E-state index in [9.17, 15) is 22.8 Å². The number of methoxy groups -OCH3 is 1. The first-order valence-electron chi connectivity index (χ1n) is 12.9. The molecule has 0 bridgehead atoms. The number of fused-ring (bicyclic) bond motifs is 1. The van der Waals surface area contributed by atoms with Gasteiger partial charge in [0.1, 0.15) is 9.84 Å². The average Bonchev–Trinajstić information content (AvgIpc) is 3.14. The van der Waals surface area contributed by atoms with E-state index in [-0.39, 0.29) is 29.1 Å². The van der Waals surface area contributed by atoms with Crippen LogP contribution in [-0.4, -0.2) is 62.6 Å². The molecule has 0 radical (unpaired) electrons. The SMILES string of the molecule is CCCCCc1ccc(NC(=O)CCCl)c2c1C(=O)N([C@H](CS(C)(=O)=O)c1ccc(OC)c(OCC)c1)C2=O. The molecule has 11 heteroatoms. The third-order valence-electron chi connectivity index (χ3n) is 6.45. The first-order chi connectivity index (χ1) is 18.6. The summed E-state index contributed by atoms with van der Waals surface area (Å²) in [7, 11) is -2.17. The number of rotatable bonds is 14. The van der Waals surface area contributed by atoms with Crippen LogP contribution < -0.4 is 14.8 Å². The predicted molar refractivity (Wildman–Crippen MR) is 151 cm³/mol. The zero-order valence-corrected chi connectivity index (χ0v) is 24.3. The van der Waals surface area contributed by atoms with E-state index in [0.29, 0.717) is 35.7 Å². The lowest BCUT2D eigenvalue weighted by Gasteiger charge is -2.27. The second kappa shape index (κ2) is 13.3. The third-order valence-corrected chi connectivity index (χ3v) is 7.56. The molecule has 0 fully saturated rings. The number of halogens is 1. The summed E-state index contributed by atoms with van der Waals surface area (Å²) in [6, 6.07) is 7.05. The van der Waals surface area contributed by atoms with Gasteiger partial charge in [0.05, 0.1) is 42.3 Å². The molecule has 1 aliphatic rings. The number of nitrogens with zero attached hydrogens (tertiary/aromatic N) is 1. The Bertz CT molecular complexity index is 1340. The summed E-state index contributed by atoms with van der Waals surface area (Å²) in [5, 5.41) is 2.70. The smallest absolute Gasteiger partial charge is 0.264 e. The number of carbonyl (C=O) groups is 3. The van der Waals surface area contributed by atoms with E-state index >= 15 is 0 Å². The number of carbonyl (C=O) groups excluding carboxylic acids is 3. The molecular formula is C28H35ClN2O7S. The van der Waals surface area contributed by atoms with Crippen LogP contribution in [0, 0.1) is 0 Å². The van der Waals surface area contributed by atoms with Crippen LogP contribution in [0.3, 0.4) is 0 Å². The summed E-state index contributed by atoms with van der Waals surface area (Å²) in [5.41, 5.74) is 1.53. The second-order valence-electron chi connectivity index (χ2n) is 9.40. The normalized spacial score (nSPS) is 13.8. The van der Waals surface area contributed by atoms with Crippen LogP contribution in [0.4, 0.5) is 5.69 Å². The number of imide groups is 1. The molecule has 9 nitrogen and oxygen atoms in total. The molecule has 1 N–H and O–H groups in total. The molecule has 0 aromatic heterocycles. The van der Waals surface area contributed by atoms with Gasteiger partial charge in [0, 0.05) is 18.6 Å².